The third kappa shape index (κ3) is 4.27. The molecule has 2 aromatic rings. The van der Waals surface area contributed by atoms with Gasteiger partial charge in [0.15, 0.2) is 5.16 Å². The van der Waals surface area contributed by atoms with E-state index >= 15 is 0 Å². The number of rotatable bonds is 5. The summed E-state index contributed by atoms with van der Waals surface area (Å²) in [7, 11) is 1.19. The summed E-state index contributed by atoms with van der Waals surface area (Å²) in [5.74, 6) is -0.253. The molecule has 1 atom stereocenters. The van der Waals surface area contributed by atoms with Gasteiger partial charge in [-0.1, -0.05) is 25.6 Å². The molecule has 0 saturated heterocycles. The highest BCUT2D eigenvalue weighted by molar-refractivity contribution is 8.00. The Morgan fingerprint density at radius 1 is 1.31 bits per heavy atom. The fourth-order valence-corrected chi connectivity index (χ4v) is 4.38. The van der Waals surface area contributed by atoms with Gasteiger partial charge < -0.3 is 4.74 Å². The second kappa shape index (κ2) is 8.22. The number of fused-ring (bicyclic) bond motifs is 1. The van der Waals surface area contributed by atoms with Crippen molar-refractivity contribution in [2.75, 3.05) is 7.11 Å². The minimum atomic E-state index is -0.810. The van der Waals surface area contributed by atoms with Gasteiger partial charge in [-0.05, 0) is 32.3 Å². The number of aryl methyl sites for hydroxylation is 2. The number of carbonyl (C=O) groups excluding carboxylic acids is 2. The van der Waals surface area contributed by atoms with Gasteiger partial charge in [0.05, 0.1) is 17.7 Å². The van der Waals surface area contributed by atoms with Crippen molar-refractivity contribution in [1.82, 2.24) is 14.9 Å². The first kappa shape index (κ1) is 20.4. The van der Waals surface area contributed by atoms with Crippen molar-refractivity contribution >= 4 is 45.3 Å². The summed E-state index contributed by atoms with van der Waals surface area (Å²) in [4.78, 5) is 42.7. The molecule has 0 fully saturated rings. The van der Waals surface area contributed by atoms with Crippen LogP contribution in [-0.4, -0.2) is 33.9 Å². The van der Waals surface area contributed by atoms with E-state index in [1.54, 1.807) is 11.5 Å². The number of hydrogen-bond donors (Lipinski definition) is 1. The summed E-state index contributed by atoms with van der Waals surface area (Å²) in [6, 6.07) is 0. The minimum Gasteiger partial charge on any atom is -0.453 e. The van der Waals surface area contributed by atoms with Crippen LogP contribution in [-0.2, 0) is 16.1 Å². The van der Waals surface area contributed by atoms with Gasteiger partial charge in [-0.3, -0.25) is 19.5 Å². The van der Waals surface area contributed by atoms with Gasteiger partial charge in [-0.2, -0.15) is 0 Å². The van der Waals surface area contributed by atoms with Gasteiger partial charge in [0.25, 0.3) is 5.56 Å². The van der Waals surface area contributed by atoms with Crippen LogP contribution in [0.5, 0.6) is 0 Å². The van der Waals surface area contributed by atoms with E-state index in [2.05, 4.69) is 15.0 Å². The van der Waals surface area contributed by atoms with Crippen molar-refractivity contribution in [1.29, 1.82) is 0 Å². The van der Waals surface area contributed by atoms with Crippen molar-refractivity contribution in [3.63, 3.8) is 0 Å². The maximum absolute atomic E-state index is 13.0. The molecule has 2 heterocycles. The summed E-state index contributed by atoms with van der Waals surface area (Å²) >= 11 is 2.63. The highest BCUT2D eigenvalue weighted by Crippen LogP contribution is 2.30. The van der Waals surface area contributed by atoms with E-state index in [4.69, 9.17) is 0 Å². The first-order valence-corrected chi connectivity index (χ1v) is 9.91. The van der Waals surface area contributed by atoms with Gasteiger partial charge in [0.1, 0.15) is 4.83 Å². The van der Waals surface area contributed by atoms with Crippen LogP contribution in [0.2, 0.25) is 0 Å². The Labute approximate surface area is 160 Å². The Hall–Kier alpha value is -1.87. The second-order valence-corrected chi connectivity index (χ2v) is 8.92. The minimum absolute atomic E-state index is 0.0892. The third-order valence-corrected chi connectivity index (χ3v) is 6.05. The van der Waals surface area contributed by atoms with Crippen LogP contribution in [0.4, 0.5) is 4.79 Å². The number of thioether (sulfide) groups is 1. The second-order valence-electron chi connectivity index (χ2n) is 6.41. The number of methoxy groups -OCH3 is 1. The predicted octanol–water partition coefficient (Wildman–Crippen LogP) is 3.09. The normalized spacial score (nSPS) is 12.4. The van der Waals surface area contributed by atoms with Crippen LogP contribution in [0.25, 0.3) is 10.2 Å². The number of alkyl carbamates (subject to hydrolysis) is 1. The maximum Gasteiger partial charge on any atom is 0.413 e. The molecule has 7 nitrogen and oxygen atoms in total. The fraction of sp³-hybridized carbons (Fsp3) is 0.529. The molecule has 2 amide bonds. The first-order chi connectivity index (χ1) is 12.1. The monoisotopic (exact) mass is 397 g/mol. The standard InChI is InChI=1S/C17H23N3O4S2/c1-8(2)7-20-15(22)12-9(3)10(4)25-14(12)19-16(20)26-11(5)13(21)18-17(23)24-6/h8,11H,7H2,1-6H3,(H,18,21,23)/t11-/m0/s1. The molecule has 9 heteroatoms. The number of nitrogens with one attached hydrogen (secondary N) is 1. The number of nitrogens with zero attached hydrogens (tertiary/aromatic N) is 2. The van der Waals surface area contributed by atoms with E-state index in [9.17, 15) is 14.4 Å². The average molecular weight is 398 g/mol. The fourth-order valence-electron chi connectivity index (χ4n) is 2.39. The molecular formula is C17H23N3O4S2. The highest BCUT2D eigenvalue weighted by Gasteiger charge is 2.23. The molecule has 142 valence electrons. The molecule has 0 aromatic carbocycles. The van der Waals surface area contributed by atoms with Gasteiger partial charge in [-0.15, -0.1) is 11.3 Å². The Balaban J connectivity index is 2.46. The largest absolute Gasteiger partial charge is 0.453 e. The molecule has 0 aliphatic carbocycles. The molecular weight excluding hydrogens is 374 g/mol. The van der Waals surface area contributed by atoms with E-state index in [1.807, 2.05) is 27.7 Å². The summed E-state index contributed by atoms with van der Waals surface area (Å²) in [5.41, 5.74) is 0.863. The molecule has 0 aliphatic rings. The van der Waals surface area contributed by atoms with Gasteiger partial charge >= 0.3 is 6.09 Å². The number of carbonyl (C=O) groups is 2. The average Bonchev–Trinajstić information content (AvgIpc) is 2.84. The Bertz CT molecular complexity index is 902. The number of thiophene rings is 1. The van der Waals surface area contributed by atoms with Crippen molar-refractivity contribution in [2.45, 2.75) is 51.6 Å². The molecule has 26 heavy (non-hydrogen) atoms. The van der Waals surface area contributed by atoms with Crippen LogP contribution < -0.4 is 10.9 Å². The van der Waals surface area contributed by atoms with E-state index in [-0.39, 0.29) is 11.5 Å². The summed E-state index contributed by atoms with van der Waals surface area (Å²) in [5, 5.41) is 2.65. The summed E-state index contributed by atoms with van der Waals surface area (Å²) in [6.07, 6.45) is -0.810. The van der Waals surface area contributed by atoms with Crippen molar-refractivity contribution in [2.24, 2.45) is 5.92 Å². The molecule has 0 aliphatic heterocycles. The van der Waals surface area contributed by atoms with E-state index in [0.717, 1.165) is 22.2 Å². The number of hydrogen-bond acceptors (Lipinski definition) is 7. The highest BCUT2D eigenvalue weighted by atomic mass is 32.2. The zero-order chi connectivity index (χ0) is 19.6. The summed E-state index contributed by atoms with van der Waals surface area (Å²) < 4.78 is 6.06. The van der Waals surface area contributed by atoms with Gasteiger partial charge in [0, 0.05) is 11.4 Å². The number of aromatic nitrogens is 2. The molecule has 0 saturated carbocycles. The molecule has 0 bridgehead atoms. The number of imide groups is 1. The lowest BCUT2D eigenvalue weighted by molar-refractivity contribution is -0.119. The quantitative estimate of drug-likeness (QED) is 0.616. The van der Waals surface area contributed by atoms with Crippen LogP contribution in [0.15, 0.2) is 9.95 Å². The first-order valence-electron chi connectivity index (χ1n) is 8.21. The Kier molecular flexibility index (Phi) is 6.46. The van der Waals surface area contributed by atoms with Crippen molar-refractivity contribution < 1.29 is 14.3 Å². The van der Waals surface area contributed by atoms with E-state index < -0.39 is 17.3 Å². The molecule has 2 aromatic heterocycles. The third-order valence-electron chi connectivity index (χ3n) is 3.86. The lowest BCUT2D eigenvalue weighted by Crippen LogP contribution is -2.36. The van der Waals surface area contributed by atoms with Crippen molar-refractivity contribution in [3.05, 3.63) is 20.8 Å². The Morgan fingerprint density at radius 2 is 1.96 bits per heavy atom. The lowest BCUT2D eigenvalue weighted by atomic mass is 10.2. The summed E-state index contributed by atoms with van der Waals surface area (Å²) in [6.45, 7) is 10.1. The zero-order valence-corrected chi connectivity index (χ0v) is 17.3. The Morgan fingerprint density at radius 3 is 2.54 bits per heavy atom. The van der Waals surface area contributed by atoms with Crippen LogP contribution in [0.1, 0.15) is 31.2 Å². The number of ether oxygens (including phenoxy) is 1. The predicted molar refractivity (Wildman–Crippen MR) is 104 cm³/mol. The van der Waals surface area contributed by atoms with Crippen LogP contribution in [0.3, 0.4) is 0 Å². The molecule has 1 N–H and O–H groups in total. The SMILES string of the molecule is COC(=O)NC(=O)[C@H](C)Sc1nc2sc(C)c(C)c2c(=O)n1CC(C)C. The maximum atomic E-state index is 13.0. The molecule has 2 rings (SSSR count). The number of amides is 2. The molecule has 0 unspecified atom stereocenters. The van der Waals surface area contributed by atoms with Gasteiger partial charge in [0.2, 0.25) is 5.91 Å². The lowest BCUT2D eigenvalue weighted by Gasteiger charge is -2.16. The zero-order valence-electron chi connectivity index (χ0n) is 15.7. The molecule has 0 spiro atoms. The topological polar surface area (TPSA) is 90.3 Å². The molecule has 0 radical (unpaired) electrons. The van der Waals surface area contributed by atoms with Crippen molar-refractivity contribution in [3.8, 4) is 0 Å². The van der Waals surface area contributed by atoms with E-state index in [0.29, 0.717) is 21.9 Å². The van der Waals surface area contributed by atoms with Crippen LogP contribution in [0, 0.1) is 19.8 Å². The smallest absolute Gasteiger partial charge is 0.413 e. The van der Waals surface area contributed by atoms with Crippen LogP contribution >= 0.6 is 23.1 Å². The van der Waals surface area contributed by atoms with Gasteiger partial charge in [-0.25, -0.2) is 9.78 Å². The van der Waals surface area contributed by atoms with E-state index in [1.165, 1.54) is 18.4 Å².